The molecule has 2 aliphatic heterocycles. The first kappa shape index (κ1) is 19.6. The van der Waals surface area contributed by atoms with Gasteiger partial charge in [0.25, 0.3) is 0 Å². The lowest BCUT2D eigenvalue weighted by molar-refractivity contribution is -0.128. The first-order chi connectivity index (χ1) is 13.7. The summed E-state index contributed by atoms with van der Waals surface area (Å²) in [5, 5.41) is 10.3. The summed E-state index contributed by atoms with van der Waals surface area (Å²) in [5.41, 5.74) is 0.934. The van der Waals surface area contributed by atoms with Crippen molar-refractivity contribution in [1.82, 2.24) is 19.7 Å². The lowest BCUT2D eigenvalue weighted by atomic mass is 10.2. The van der Waals surface area contributed by atoms with Gasteiger partial charge in [-0.15, -0.1) is 10.2 Å². The van der Waals surface area contributed by atoms with Crippen LogP contribution in [0.5, 0.6) is 0 Å². The van der Waals surface area contributed by atoms with Crippen LogP contribution in [0, 0.1) is 0 Å². The Hall–Kier alpha value is -1.73. The fourth-order valence-electron chi connectivity index (χ4n) is 3.86. The average molecular weight is 420 g/mol. The van der Waals surface area contributed by atoms with Crippen LogP contribution >= 0.6 is 23.4 Å². The van der Waals surface area contributed by atoms with Gasteiger partial charge in [0.1, 0.15) is 0 Å². The van der Waals surface area contributed by atoms with Crippen molar-refractivity contribution in [2.75, 3.05) is 36.8 Å². The maximum atomic E-state index is 12.7. The van der Waals surface area contributed by atoms with Crippen molar-refractivity contribution in [2.24, 2.45) is 0 Å². The molecule has 1 aromatic carbocycles. The van der Waals surface area contributed by atoms with E-state index in [2.05, 4.69) is 15.1 Å². The quantitative estimate of drug-likeness (QED) is 0.685. The minimum absolute atomic E-state index is 0.190. The van der Waals surface area contributed by atoms with E-state index < -0.39 is 0 Å². The number of rotatable bonds is 5. The lowest BCUT2D eigenvalue weighted by Crippen LogP contribution is -2.33. The molecule has 8 heteroatoms. The summed E-state index contributed by atoms with van der Waals surface area (Å²) in [4.78, 5) is 17.0. The first-order valence-electron chi connectivity index (χ1n) is 10.1. The molecular formula is C20H26ClN5OS. The minimum Gasteiger partial charge on any atom is -0.342 e. The van der Waals surface area contributed by atoms with Crippen LogP contribution in [0.3, 0.4) is 0 Å². The van der Waals surface area contributed by atoms with E-state index >= 15 is 0 Å². The summed E-state index contributed by atoms with van der Waals surface area (Å²) in [6, 6.07) is 7.73. The number of hydrogen-bond donors (Lipinski definition) is 0. The normalized spacial score (nSPS) is 17.8. The number of likely N-dealkylation sites (tertiary alicyclic amines) is 1. The second-order valence-electron chi connectivity index (χ2n) is 7.38. The van der Waals surface area contributed by atoms with Crippen LogP contribution in [0.2, 0.25) is 5.02 Å². The average Bonchev–Trinajstić information content (AvgIpc) is 3.29. The summed E-state index contributed by atoms with van der Waals surface area (Å²) in [6.07, 6.45) is 6.98. The van der Waals surface area contributed by atoms with Crippen molar-refractivity contribution >= 4 is 35.2 Å². The third-order valence-electron chi connectivity index (χ3n) is 5.36. The molecule has 0 aliphatic carbocycles. The molecule has 2 saturated heterocycles. The topological polar surface area (TPSA) is 54.3 Å². The predicted molar refractivity (Wildman–Crippen MR) is 114 cm³/mol. The maximum absolute atomic E-state index is 12.7. The Morgan fingerprint density at radius 1 is 1.00 bits per heavy atom. The van der Waals surface area contributed by atoms with E-state index in [1.54, 1.807) is 0 Å². The SMILES string of the molecule is O=C(CSc1nnc(N2CCCC2)n1-c1cccc(Cl)c1)N1CCCCCC1. The van der Waals surface area contributed by atoms with E-state index in [4.69, 9.17) is 11.6 Å². The molecule has 0 spiro atoms. The van der Waals surface area contributed by atoms with Crippen LogP contribution in [0.1, 0.15) is 38.5 Å². The molecule has 3 heterocycles. The van der Waals surface area contributed by atoms with Crippen LogP contribution in [0.25, 0.3) is 5.69 Å². The largest absolute Gasteiger partial charge is 0.342 e. The summed E-state index contributed by atoms with van der Waals surface area (Å²) in [7, 11) is 0. The van der Waals surface area contributed by atoms with E-state index in [0.717, 1.165) is 55.8 Å². The van der Waals surface area contributed by atoms with E-state index in [0.29, 0.717) is 10.8 Å². The van der Waals surface area contributed by atoms with Gasteiger partial charge in [-0.05, 0) is 43.9 Å². The molecule has 4 rings (SSSR count). The van der Waals surface area contributed by atoms with Crippen molar-refractivity contribution in [3.63, 3.8) is 0 Å². The highest BCUT2D eigenvalue weighted by molar-refractivity contribution is 7.99. The number of aromatic nitrogens is 3. The van der Waals surface area contributed by atoms with Gasteiger partial charge in [0.05, 0.1) is 11.4 Å². The van der Waals surface area contributed by atoms with E-state index in [1.807, 2.05) is 33.7 Å². The molecule has 0 unspecified atom stereocenters. The Morgan fingerprint density at radius 2 is 1.71 bits per heavy atom. The molecule has 6 nitrogen and oxygen atoms in total. The third kappa shape index (κ3) is 4.46. The van der Waals surface area contributed by atoms with E-state index in [-0.39, 0.29) is 5.91 Å². The van der Waals surface area contributed by atoms with Crippen molar-refractivity contribution < 1.29 is 4.79 Å². The van der Waals surface area contributed by atoms with Crippen molar-refractivity contribution in [2.45, 2.75) is 43.7 Å². The number of benzene rings is 1. The fourth-order valence-corrected chi connectivity index (χ4v) is 4.89. The Kier molecular flexibility index (Phi) is 6.42. The number of anilines is 1. The van der Waals surface area contributed by atoms with Gasteiger partial charge in [-0.2, -0.15) is 0 Å². The van der Waals surface area contributed by atoms with Gasteiger partial charge in [-0.1, -0.05) is 42.3 Å². The van der Waals surface area contributed by atoms with Gasteiger partial charge in [0.15, 0.2) is 5.16 Å². The third-order valence-corrected chi connectivity index (χ3v) is 6.50. The van der Waals surface area contributed by atoms with Crippen LogP contribution < -0.4 is 4.90 Å². The van der Waals surface area contributed by atoms with Gasteiger partial charge in [-0.3, -0.25) is 9.36 Å². The van der Waals surface area contributed by atoms with Crippen LogP contribution in [-0.2, 0) is 4.79 Å². The van der Waals surface area contributed by atoms with Crippen molar-refractivity contribution in [1.29, 1.82) is 0 Å². The molecule has 0 saturated carbocycles. The highest BCUT2D eigenvalue weighted by atomic mass is 35.5. The Morgan fingerprint density at radius 3 is 2.43 bits per heavy atom. The smallest absolute Gasteiger partial charge is 0.233 e. The predicted octanol–water partition coefficient (Wildman–Crippen LogP) is 4.02. The number of carbonyl (C=O) groups excluding carboxylic acids is 1. The zero-order chi connectivity index (χ0) is 19.3. The Balaban J connectivity index is 1.55. The van der Waals surface area contributed by atoms with Crippen LogP contribution in [0.4, 0.5) is 5.95 Å². The summed E-state index contributed by atoms with van der Waals surface area (Å²) < 4.78 is 2.04. The molecule has 0 atom stereocenters. The molecule has 0 bridgehead atoms. The number of halogens is 1. The van der Waals surface area contributed by atoms with Crippen molar-refractivity contribution in [3.05, 3.63) is 29.3 Å². The minimum atomic E-state index is 0.190. The number of hydrogen-bond acceptors (Lipinski definition) is 5. The molecule has 0 N–H and O–H groups in total. The zero-order valence-corrected chi connectivity index (χ0v) is 17.6. The monoisotopic (exact) mass is 419 g/mol. The number of thioether (sulfide) groups is 1. The zero-order valence-electron chi connectivity index (χ0n) is 16.0. The van der Waals surface area contributed by atoms with Crippen molar-refractivity contribution in [3.8, 4) is 5.69 Å². The standard InChI is InChI=1S/C20H26ClN5OS/c21-16-8-7-9-17(14-16)26-19(25-12-5-6-13-25)22-23-20(26)28-15-18(27)24-10-3-1-2-4-11-24/h7-9,14H,1-6,10-13,15H2. The van der Waals surface area contributed by atoms with Gasteiger partial charge in [-0.25, -0.2) is 0 Å². The second kappa shape index (κ2) is 9.18. The number of amides is 1. The van der Waals surface area contributed by atoms with E-state index in [9.17, 15) is 4.79 Å². The van der Waals surface area contributed by atoms with Crippen LogP contribution in [-0.4, -0.2) is 57.5 Å². The molecule has 2 fully saturated rings. The summed E-state index contributed by atoms with van der Waals surface area (Å²) >= 11 is 7.70. The van der Waals surface area contributed by atoms with E-state index in [1.165, 1.54) is 37.4 Å². The molecule has 28 heavy (non-hydrogen) atoms. The molecule has 150 valence electrons. The van der Waals surface area contributed by atoms with Gasteiger partial charge in [0.2, 0.25) is 11.9 Å². The van der Waals surface area contributed by atoms with Gasteiger partial charge in [0, 0.05) is 31.2 Å². The number of carbonyl (C=O) groups is 1. The Bertz CT molecular complexity index is 813. The molecule has 2 aromatic rings. The van der Waals surface area contributed by atoms with Crippen LogP contribution in [0.15, 0.2) is 29.4 Å². The van der Waals surface area contributed by atoms with Gasteiger partial charge >= 0.3 is 0 Å². The summed E-state index contributed by atoms with van der Waals surface area (Å²) in [5.74, 6) is 1.42. The molecule has 0 radical (unpaired) electrons. The maximum Gasteiger partial charge on any atom is 0.233 e. The molecular weight excluding hydrogens is 394 g/mol. The lowest BCUT2D eigenvalue weighted by Gasteiger charge is -2.20. The Labute approximate surface area is 175 Å². The number of nitrogens with zero attached hydrogens (tertiary/aromatic N) is 5. The van der Waals surface area contributed by atoms with Gasteiger partial charge < -0.3 is 9.80 Å². The molecule has 1 aromatic heterocycles. The summed E-state index contributed by atoms with van der Waals surface area (Å²) in [6.45, 7) is 3.71. The highest BCUT2D eigenvalue weighted by Gasteiger charge is 2.24. The fraction of sp³-hybridized carbons (Fsp3) is 0.550. The molecule has 1 amide bonds. The first-order valence-corrected chi connectivity index (χ1v) is 11.5. The highest BCUT2D eigenvalue weighted by Crippen LogP contribution is 2.29. The molecule has 2 aliphatic rings. The second-order valence-corrected chi connectivity index (χ2v) is 8.75.